The van der Waals surface area contributed by atoms with E-state index in [9.17, 15) is 4.79 Å². The Labute approximate surface area is 116 Å². The van der Waals surface area contributed by atoms with Crippen molar-refractivity contribution in [2.24, 2.45) is 5.92 Å². The molecule has 0 aliphatic heterocycles. The second kappa shape index (κ2) is 7.95. The maximum absolute atomic E-state index is 12.0. The second-order valence-electron chi connectivity index (χ2n) is 5.05. The molecule has 0 aliphatic carbocycles. The van der Waals surface area contributed by atoms with Crippen LogP contribution in [0, 0.1) is 5.92 Å². The summed E-state index contributed by atoms with van der Waals surface area (Å²) in [6.45, 7) is 4.61. The number of aliphatic hydroxyl groups is 1. The number of amides is 1. The van der Waals surface area contributed by atoms with Crippen LogP contribution in [0.5, 0.6) is 0 Å². The van der Waals surface area contributed by atoms with Crippen molar-refractivity contribution in [3.63, 3.8) is 0 Å². The lowest BCUT2D eigenvalue weighted by atomic mass is 10.1. The van der Waals surface area contributed by atoms with Gasteiger partial charge in [0.2, 0.25) is 5.91 Å². The molecule has 0 aliphatic rings. The van der Waals surface area contributed by atoms with Gasteiger partial charge in [-0.25, -0.2) is 0 Å². The van der Waals surface area contributed by atoms with Crippen molar-refractivity contribution in [3.8, 4) is 0 Å². The minimum Gasteiger partial charge on any atom is -0.396 e. The molecule has 0 fully saturated rings. The zero-order valence-corrected chi connectivity index (χ0v) is 12.2. The molecule has 0 radical (unpaired) electrons. The lowest BCUT2D eigenvalue weighted by molar-refractivity contribution is -0.136. The van der Waals surface area contributed by atoms with Gasteiger partial charge in [-0.3, -0.25) is 4.79 Å². The fraction of sp³-hybridized carbons (Fsp3) is 0.562. The highest BCUT2D eigenvalue weighted by atomic mass is 16.3. The fourth-order valence-corrected chi connectivity index (χ4v) is 2.15. The van der Waals surface area contributed by atoms with Gasteiger partial charge >= 0.3 is 0 Å². The number of rotatable bonds is 7. The number of carbonyl (C=O) groups is 1. The van der Waals surface area contributed by atoms with E-state index in [1.165, 1.54) is 5.56 Å². The van der Waals surface area contributed by atoms with Crippen LogP contribution >= 0.6 is 0 Å². The Morgan fingerprint density at radius 2 is 1.79 bits per heavy atom. The van der Waals surface area contributed by atoms with Gasteiger partial charge in [0.15, 0.2) is 0 Å². The summed E-state index contributed by atoms with van der Waals surface area (Å²) in [6.07, 6.45) is 2.92. The minimum absolute atomic E-state index is 0.0163. The fourth-order valence-electron chi connectivity index (χ4n) is 2.15. The first-order valence-electron chi connectivity index (χ1n) is 7.06. The summed E-state index contributed by atoms with van der Waals surface area (Å²) in [5.74, 6) is -0.257. The Balaban J connectivity index is 2.60. The molecule has 1 aromatic rings. The maximum atomic E-state index is 12.0. The first kappa shape index (κ1) is 15.7. The van der Waals surface area contributed by atoms with Gasteiger partial charge in [0, 0.05) is 13.6 Å². The number of benzene rings is 1. The van der Waals surface area contributed by atoms with Crippen molar-refractivity contribution in [1.82, 2.24) is 4.90 Å². The third-order valence-corrected chi connectivity index (χ3v) is 3.42. The van der Waals surface area contributed by atoms with Crippen LogP contribution in [0.2, 0.25) is 0 Å². The summed E-state index contributed by atoms with van der Waals surface area (Å²) in [6, 6.07) is 8.41. The Kier molecular flexibility index (Phi) is 6.57. The van der Waals surface area contributed by atoms with E-state index in [2.05, 4.69) is 31.2 Å². The van der Waals surface area contributed by atoms with E-state index < -0.39 is 0 Å². The molecule has 0 heterocycles. The summed E-state index contributed by atoms with van der Waals surface area (Å²) >= 11 is 0. The molecule has 0 bridgehead atoms. The Morgan fingerprint density at radius 3 is 2.26 bits per heavy atom. The largest absolute Gasteiger partial charge is 0.396 e. The normalized spacial score (nSPS) is 12.2. The van der Waals surface area contributed by atoms with Crippen LogP contribution in [0.3, 0.4) is 0 Å². The SMILES string of the molecule is CCCc1ccc(CN(C)C(=O)C(CC)CO)cc1. The molecular formula is C16H25NO2. The van der Waals surface area contributed by atoms with Crippen LogP contribution in [0.1, 0.15) is 37.8 Å². The molecule has 0 aromatic heterocycles. The number of nitrogens with zero attached hydrogens (tertiary/aromatic N) is 1. The van der Waals surface area contributed by atoms with Gasteiger partial charge in [-0.05, 0) is 24.0 Å². The van der Waals surface area contributed by atoms with E-state index in [4.69, 9.17) is 5.11 Å². The van der Waals surface area contributed by atoms with E-state index in [1.807, 2.05) is 6.92 Å². The molecule has 0 saturated heterocycles. The third-order valence-electron chi connectivity index (χ3n) is 3.42. The molecule has 3 nitrogen and oxygen atoms in total. The van der Waals surface area contributed by atoms with E-state index in [1.54, 1.807) is 11.9 Å². The van der Waals surface area contributed by atoms with Gasteiger partial charge in [-0.2, -0.15) is 0 Å². The highest BCUT2D eigenvalue weighted by Gasteiger charge is 2.19. The van der Waals surface area contributed by atoms with Crippen LogP contribution in [0.15, 0.2) is 24.3 Å². The number of carbonyl (C=O) groups excluding carboxylic acids is 1. The Hall–Kier alpha value is -1.35. The number of hydrogen-bond donors (Lipinski definition) is 1. The standard InChI is InChI=1S/C16H25NO2/c1-4-6-13-7-9-14(10-8-13)11-17(3)16(19)15(5-2)12-18/h7-10,15,18H,4-6,11-12H2,1-3H3. The highest BCUT2D eigenvalue weighted by Crippen LogP contribution is 2.11. The molecule has 0 spiro atoms. The Morgan fingerprint density at radius 1 is 1.21 bits per heavy atom. The lowest BCUT2D eigenvalue weighted by Crippen LogP contribution is -2.33. The molecule has 19 heavy (non-hydrogen) atoms. The van der Waals surface area contributed by atoms with Crippen LogP contribution in [-0.4, -0.2) is 29.6 Å². The zero-order chi connectivity index (χ0) is 14.3. The average molecular weight is 263 g/mol. The Bertz CT molecular complexity index is 382. The summed E-state index contributed by atoms with van der Waals surface area (Å²) in [5, 5.41) is 9.16. The predicted molar refractivity (Wildman–Crippen MR) is 77.8 cm³/mol. The second-order valence-corrected chi connectivity index (χ2v) is 5.05. The molecule has 106 valence electrons. The average Bonchev–Trinajstić information content (AvgIpc) is 2.42. The van der Waals surface area contributed by atoms with E-state index in [-0.39, 0.29) is 18.4 Å². The number of aliphatic hydroxyl groups excluding tert-OH is 1. The lowest BCUT2D eigenvalue weighted by Gasteiger charge is -2.22. The monoisotopic (exact) mass is 263 g/mol. The number of hydrogen-bond acceptors (Lipinski definition) is 2. The van der Waals surface area contributed by atoms with Crippen LogP contribution in [-0.2, 0) is 17.8 Å². The van der Waals surface area contributed by atoms with Crippen molar-refractivity contribution < 1.29 is 9.90 Å². The smallest absolute Gasteiger partial charge is 0.228 e. The van der Waals surface area contributed by atoms with Crippen LogP contribution in [0.4, 0.5) is 0 Å². The predicted octanol–water partition coefficient (Wildman–Crippen LogP) is 2.62. The summed E-state index contributed by atoms with van der Waals surface area (Å²) < 4.78 is 0. The highest BCUT2D eigenvalue weighted by molar-refractivity contribution is 5.78. The topological polar surface area (TPSA) is 40.5 Å². The summed E-state index contributed by atoms with van der Waals surface area (Å²) in [4.78, 5) is 13.7. The molecule has 1 rings (SSSR count). The first-order chi connectivity index (χ1) is 9.12. The van der Waals surface area contributed by atoms with Gasteiger partial charge < -0.3 is 10.0 Å². The van der Waals surface area contributed by atoms with E-state index >= 15 is 0 Å². The quantitative estimate of drug-likeness (QED) is 0.821. The van der Waals surface area contributed by atoms with Crippen molar-refractivity contribution in [2.75, 3.05) is 13.7 Å². The molecule has 1 aromatic carbocycles. The van der Waals surface area contributed by atoms with Crippen LogP contribution < -0.4 is 0 Å². The molecule has 1 unspecified atom stereocenters. The third kappa shape index (κ3) is 4.67. The minimum atomic E-state index is -0.274. The number of aryl methyl sites for hydroxylation is 1. The summed E-state index contributed by atoms with van der Waals surface area (Å²) in [5.41, 5.74) is 2.46. The first-order valence-corrected chi connectivity index (χ1v) is 7.06. The van der Waals surface area contributed by atoms with Gasteiger partial charge in [0.25, 0.3) is 0 Å². The van der Waals surface area contributed by atoms with Gasteiger partial charge in [0.05, 0.1) is 12.5 Å². The van der Waals surface area contributed by atoms with Gasteiger partial charge in [-0.1, -0.05) is 44.5 Å². The van der Waals surface area contributed by atoms with E-state index in [0.717, 1.165) is 18.4 Å². The molecule has 3 heteroatoms. The molecular weight excluding hydrogens is 238 g/mol. The van der Waals surface area contributed by atoms with Crippen molar-refractivity contribution in [3.05, 3.63) is 35.4 Å². The maximum Gasteiger partial charge on any atom is 0.228 e. The summed E-state index contributed by atoms with van der Waals surface area (Å²) in [7, 11) is 1.79. The van der Waals surface area contributed by atoms with Crippen molar-refractivity contribution >= 4 is 5.91 Å². The van der Waals surface area contributed by atoms with Crippen LogP contribution in [0.25, 0.3) is 0 Å². The van der Waals surface area contributed by atoms with Crippen molar-refractivity contribution in [2.45, 2.75) is 39.7 Å². The van der Waals surface area contributed by atoms with Crippen molar-refractivity contribution in [1.29, 1.82) is 0 Å². The van der Waals surface area contributed by atoms with E-state index in [0.29, 0.717) is 13.0 Å². The van der Waals surface area contributed by atoms with Gasteiger partial charge in [-0.15, -0.1) is 0 Å². The molecule has 1 N–H and O–H groups in total. The molecule has 0 saturated carbocycles. The molecule has 1 amide bonds. The zero-order valence-electron chi connectivity index (χ0n) is 12.2. The van der Waals surface area contributed by atoms with Gasteiger partial charge in [0.1, 0.15) is 0 Å². The molecule has 1 atom stereocenters.